The Labute approximate surface area is 185 Å². The lowest BCUT2D eigenvalue weighted by molar-refractivity contribution is -0.122. The predicted octanol–water partition coefficient (Wildman–Crippen LogP) is 2.92. The van der Waals surface area contributed by atoms with Gasteiger partial charge in [-0.15, -0.1) is 0 Å². The van der Waals surface area contributed by atoms with Crippen LogP contribution < -0.4 is 19.7 Å². The van der Waals surface area contributed by atoms with Gasteiger partial charge in [0.05, 0.1) is 32.6 Å². The number of nitrogens with zero attached hydrogens (tertiary/aromatic N) is 1. The van der Waals surface area contributed by atoms with E-state index in [1.807, 2.05) is 0 Å². The summed E-state index contributed by atoms with van der Waals surface area (Å²) in [4.78, 5) is 50.2. The van der Waals surface area contributed by atoms with Crippen LogP contribution in [-0.4, -0.2) is 45.1 Å². The van der Waals surface area contributed by atoms with Gasteiger partial charge in [-0.3, -0.25) is 14.9 Å². The number of hydrogen-bond acceptors (Lipinski definition) is 7. The SMILES string of the molecule is COC(=O)c1ccc(N2C(=O)NC(=O)/C(=C\c3cc(OC)c(OC)cc3Br)C2=O)cc1. The number of esters is 1. The molecule has 2 aromatic carbocycles. The fourth-order valence-electron chi connectivity index (χ4n) is 2.89. The monoisotopic (exact) mass is 488 g/mol. The van der Waals surface area contributed by atoms with Gasteiger partial charge in [-0.25, -0.2) is 14.5 Å². The number of barbiturate groups is 1. The molecule has 10 heteroatoms. The molecule has 0 spiro atoms. The molecule has 0 bridgehead atoms. The molecule has 1 aliphatic rings. The van der Waals surface area contributed by atoms with Crippen LogP contribution in [-0.2, 0) is 14.3 Å². The molecular weight excluding hydrogens is 472 g/mol. The Morgan fingerprint density at radius 2 is 1.61 bits per heavy atom. The first-order valence-electron chi connectivity index (χ1n) is 8.82. The summed E-state index contributed by atoms with van der Waals surface area (Å²) in [7, 11) is 4.18. The molecule has 1 saturated heterocycles. The topological polar surface area (TPSA) is 111 Å². The first-order chi connectivity index (χ1) is 14.8. The molecule has 0 atom stereocenters. The van der Waals surface area contributed by atoms with Gasteiger partial charge in [0, 0.05) is 4.47 Å². The molecule has 0 saturated carbocycles. The maximum absolute atomic E-state index is 13.0. The minimum absolute atomic E-state index is 0.180. The number of benzene rings is 2. The second-order valence-electron chi connectivity index (χ2n) is 6.23. The van der Waals surface area contributed by atoms with Gasteiger partial charge in [-0.1, -0.05) is 15.9 Å². The summed E-state index contributed by atoms with van der Waals surface area (Å²) in [6.07, 6.45) is 1.34. The van der Waals surface area contributed by atoms with E-state index in [0.717, 1.165) is 4.90 Å². The third-order valence-corrected chi connectivity index (χ3v) is 5.14. The lowest BCUT2D eigenvalue weighted by Crippen LogP contribution is -2.54. The van der Waals surface area contributed by atoms with E-state index in [-0.39, 0.29) is 16.8 Å². The van der Waals surface area contributed by atoms with Crippen molar-refractivity contribution in [1.82, 2.24) is 5.32 Å². The Kier molecular flexibility index (Phi) is 6.40. The summed E-state index contributed by atoms with van der Waals surface area (Å²) >= 11 is 3.37. The number of imide groups is 2. The average molecular weight is 489 g/mol. The fraction of sp³-hybridized carbons (Fsp3) is 0.143. The summed E-state index contributed by atoms with van der Waals surface area (Å²) in [6.45, 7) is 0. The zero-order valence-electron chi connectivity index (χ0n) is 16.7. The molecule has 1 fully saturated rings. The van der Waals surface area contributed by atoms with Crippen molar-refractivity contribution in [3.63, 3.8) is 0 Å². The third kappa shape index (κ3) is 4.29. The molecule has 2 aromatic rings. The predicted molar refractivity (Wildman–Crippen MR) is 114 cm³/mol. The number of carbonyl (C=O) groups is 4. The van der Waals surface area contributed by atoms with Gasteiger partial charge in [0.1, 0.15) is 5.57 Å². The Balaban J connectivity index is 2.01. The van der Waals surface area contributed by atoms with E-state index < -0.39 is 23.8 Å². The van der Waals surface area contributed by atoms with Gasteiger partial charge < -0.3 is 14.2 Å². The highest BCUT2D eigenvalue weighted by atomic mass is 79.9. The highest BCUT2D eigenvalue weighted by molar-refractivity contribution is 9.10. The number of methoxy groups -OCH3 is 3. The van der Waals surface area contributed by atoms with Crippen LogP contribution in [0.2, 0.25) is 0 Å². The number of amides is 4. The van der Waals surface area contributed by atoms with Crippen LogP contribution in [0.4, 0.5) is 10.5 Å². The van der Waals surface area contributed by atoms with Crippen LogP contribution in [0.25, 0.3) is 6.08 Å². The summed E-state index contributed by atoms with van der Waals surface area (Å²) in [5, 5.41) is 2.14. The molecular formula is C21H17BrN2O7. The molecule has 4 amide bonds. The second kappa shape index (κ2) is 9.00. The average Bonchev–Trinajstić information content (AvgIpc) is 2.76. The quantitative estimate of drug-likeness (QED) is 0.391. The van der Waals surface area contributed by atoms with Crippen LogP contribution in [0, 0.1) is 0 Å². The van der Waals surface area contributed by atoms with Gasteiger partial charge in [0.15, 0.2) is 11.5 Å². The number of rotatable bonds is 5. The zero-order valence-corrected chi connectivity index (χ0v) is 18.3. The van der Waals surface area contributed by atoms with Crippen LogP contribution in [0.15, 0.2) is 46.4 Å². The Morgan fingerprint density at radius 1 is 1.00 bits per heavy atom. The minimum Gasteiger partial charge on any atom is -0.493 e. The van der Waals surface area contributed by atoms with Crippen LogP contribution in [0.3, 0.4) is 0 Å². The van der Waals surface area contributed by atoms with Gasteiger partial charge in [-0.2, -0.15) is 0 Å². The van der Waals surface area contributed by atoms with Crippen molar-refractivity contribution in [3.8, 4) is 11.5 Å². The van der Waals surface area contributed by atoms with Gasteiger partial charge in [-0.05, 0) is 48.0 Å². The van der Waals surface area contributed by atoms with Crippen molar-refractivity contribution in [3.05, 3.63) is 57.6 Å². The second-order valence-corrected chi connectivity index (χ2v) is 7.08. The van der Waals surface area contributed by atoms with Crippen molar-refractivity contribution in [1.29, 1.82) is 0 Å². The van der Waals surface area contributed by atoms with Gasteiger partial charge in [0.25, 0.3) is 11.8 Å². The molecule has 0 radical (unpaired) electrons. The summed E-state index contributed by atoms with van der Waals surface area (Å²) in [5.41, 5.74) is 0.633. The number of hydrogen-bond donors (Lipinski definition) is 1. The zero-order chi connectivity index (χ0) is 22.7. The molecule has 31 heavy (non-hydrogen) atoms. The lowest BCUT2D eigenvalue weighted by atomic mass is 10.1. The van der Waals surface area contributed by atoms with Crippen molar-refractivity contribution >= 4 is 51.5 Å². The van der Waals surface area contributed by atoms with E-state index in [2.05, 4.69) is 26.0 Å². The number of nitrogens with one attached hydrogen (secondary N) is 1. The van der Waals surface area contributed by atoms with Gasteiger partial charge in [0.2, 0.25) is 0 Å². The minimum atomic E-state index is -0.899. The summed E-state index contributed by atoms with van der Waals surface area (Å²) in [6, 6.07) is 7.95. The largest absolute Gasteiger partial charge is 0.493 e. The van der Waals surface area contributed by atoms with Crippen LogP contribution >= 0.6 is 15.9 Å². The molecule has 0 aliphatic carbocycles. The summed E-state index contributed by atoms with van der Waals surface area (Å²) in [5.74, 6) is -1.36. The molecule has 3 rings (SSSR count). The maximum Gasteiger partial charge on any atom is 0.337 e. The van der Waals surface area contributed by atoms with Crippen molar-refractivity contribution in [2.75, 3.05) is 26.2 Å². The highest BCUT2D eigenvalue weighted by Gasteiger charge is 2.37. The lowest BCUT2D eigenvalue weighted by Gasteiger charge is -2.26. The van der Waals surface area contributed by atoms with Crippen molar-refractivity contribution in [2.45, 2.75) is 0 Å². The number of ether oxygens (including phenoxy) is 3. The van der Waals surface area contributed by atoms with E-state index >= 15 is 0 Å². The molecule has 1 aliphatic heterocycles. The third-order valence-electron chi connectivity index (χ3n) is 4.45. The standard InChI is InChI=1S/C21H17BrN2O7/c1-29-16-9-12(15(22)10-17(16)30-2)8-14-18(25)23-21(28)24(19(14)26)13-6-4-11(5-7-13)20(27)31-3/h4-10H,1-3H3,(H,23,25,28)/b14-8+. The van der Waals surface area contributed by atoms with Crippen molar-refractivity contribution in [2.24, 2.45) is 0 Å². The fourth-order valence-corrected chi connectivity index (χ4v) is 3.33. The first-order valence-corrected chi connectivity index (χ1v) is 9.61. The number of anilines is 1. The van der Waals surface area contributed by atoms with E-state index in [0.29, 0.717) is 21.5 Å². The molecule has 1 heterocycles. The van der Waals surface area contributed by atoms with E-state index in [1.54, 1.807) is 12.1 Å². The molecule has 1 N–H and O–H groups in total. The van der Waals surface area contributed by atoms with E-state index in [1.165, 1.54) is 51.7 Å². The number of carbonyl (C=O) groups excluding carboxylic acids is 4. The summed E-state index contributed by atoms with van der Waals surface area (Å²) < 4.78 is 15.7. The number of urea groups is 1. The smallest absolute Gasteiger partial charge is 0.337 e. The molecule has 0 unspecified atom stereocenters. The van der Waals surface area contributed by atoms with Crippen LogP contribution in [0.5, 0.6) is 11.5 Å². The van der Waals surface area contributed by atoms with Crippen molar-refractivity contribution < 1.29 is 33.4 Å². The van der Waals surface area contributed by atoms with E-state index in [9.17, 15) is 19.2 Å². The van der Waals surface area contributed by atoms with Gasteiger partial charge >= 0.3 is 12.0 Å². The van der Waals surface area contributed by atoms with Crippen LogP contribution in [0.1, 0.15) is 15.9 Å². The molecule has 9 nitrogen and oxygen atoms in total. The Bertz CT molecular complexity index is 1110. The Morgan fingerprint density at radius 3 is 2.19 bits per heavy atom. The molecule has 0 aromatic heterocycles. The Hall–Kier alpha value is -3.66. The molecule has 160 valence electrons. The number of halogens is 1. The maximum atomic E-state index is 13.0. The normalized spacial score (nSPS) is 15.0. The first kappa shape index (κ1) is 22.0. The highest BCUT2D eigenvalue weighted by Crippen LogP contribution is 2.35. The van der Waals surface area contributed by atoms with E-state index in [4.69, 9.17) is 9.47 Å².